The predicted octanol–water partition coefficient (Wildman–Crippen LogP) is 2.95. The minimum atomic E-state index is 0.190. The van der Waals surface area contributed by atoms with E-state index in [0.717, 1.165) is 17.5 Å². The van der Waals surface area contributed by atoms with Gasteiger partial charge < -0.3 is 0 Å². The van der Waals surface area contributed by atoms with Crippen molar-refractivity contribution >= 4 is 11.3 Å². The van der Waals surface area contributed by atoms with Crippen LogP contribution in [0.5, 0.6) is 0 Å². The fourth-order valence-electron chi connectivity index (χ4n) is 1.72. The highest BCUT2D eigenvalue weighted by atomic mass is 16.1. The van der Waals surface area contributed by atoms with Crippen LogP contribution in [0.4, 0.5) is 0 Å². The van der Waals surface area contributed by atoms with Crippen molar-refractivity contribution in [1.29, 1.82) is 0 Å². The molecule has 0 amide bonds. The molecule has 0 spiro atoms. The van der Waals surface area contributed by atoms with Gasteiger partial charge in [0.2, 0.25) is 0 Å². The molecule has 2 aromatic rings. The summed E-state index contributed by atoms with van der Waals surface area (Å²) in [6, 6.07) is 5.76. The molecule has 0 N–H and O–H groups in total. The van der Waals surface area contributed by atoms with Gasteiger partial charge >= 0.3 is 0 Å². The lowest BCUT2D eigenvalue weighted by Crippen LogP contribution is -2.04. The fourth-order valence-corrected chi connectivity index (χ4v) is 1.72. The van der Waals surface area contributed by atoms with Gasteiger partial charge in [-0.15, -0.1) is 0 Å². The lowest BCUT2D eigenvalue weighted by atomic mass is 9.98. The maximum Gasteiger partial charge on any atom is 0.166 e. The highest BCUT2D eigenvalue weighted by Crippen LogP contribution is 2.16. The summed E-state index contributed by atoms with van der Waals surface area (Å²) in [6.45, 7) is 4.21. The van der Waals surface area contributed by atoms with Gasteiger partial charge in [-0.1, -0.05) is 26.3 Å². The Morgan fingerprint density at radius 2 is 2.31 bits per heavy atom. The fraction of sp³-hybridized carbons (Fsp3) is 0.385. The zero-order valence-corrected chi connectivity index (χ0v) is 9.68. The van der Waals surface area contributed by atoms with Crippen LogP contribution in [-0.2, 0) is 0 Å². The van der Waals surface area contributed by atoms with Crippen LogP contribution in [0.25, 0.3) is 5.52 Å². The molecular weight excluding hydrogens is 200 g/mol. The number of ketones is 1. The largest absolute Gasteiger partial charge is 0.294 e. The number of pyridine rings is 1. The Labute approximate surface area is 95.1 Å². The van der Waals surface area contributed by atoms with Crippen molar-refractivity contribution in [3.8, 4) is 0 Å². The molecule has 2 heterocycles. The normalized spacial score (nSPS) is 12.9. The number of carbonyl (C=O) groups is 1. The Bertz CT molecular complexity index is 501. The molecular formula is C13H16N2O. The molecule has 0 radical (unpaired) electrons. The zero-order chi connectivity index (χ0) is 11.5. The number of fused-ring (bicyclic) bond motifs is 1. The third-order valence-corrected chi connectivity index (χ3v) is 2.96. The van der Waals surface area contributed by atoms with Gasteiger partial charge in [0.05, 0.1) is 17.3 Å². The van der Waals surface area contributed by atoms with E-state index in [2.05, 4.69) is 18.9 Å². The first-order valence-electron chi connectivity index (χ1n) is 5.68. The van der Waals surface area contributed by atoms with E-state index in [1.165, 1.54) is 0 Å². The molecule has 0 aliphatic heterocycles. The molecule has 3 nitrogen and oxygen atoms in total. The summed E-state index contributed by atoms with van der Waals surface area (Å²) >= 11 is 0. The highest BCUT2D eigenvalue weighted by molar-refractivity contribution is 6.02. The summed E-state index contributed by atoms with van der Waals surface area (Å²) < 4.78 is 1.74. The van der Waals surface area contributed by atoms with Gasteiger partial charge in [0.15, 0.2) is 5.78 Å². The number of hydrogen-bond donors (Lipinski definition) is 0. The van der Waals surface area contributed by atoms with E-state index in [-0.39, 0.29) is 5.78 Å². The minimum absolute atomic E-state index is 0.190. The Morgan fingerprint density at radius 1 is 1.50 bits per heavy atom. The Hall–Kier alpha value is -1.64. The first-order valence-corrected chi connectivity index (χ1v) is 5.68. The maximum absolute atomic E-state index is 12.0. The molecule has 2 rings (SSSR count). The zero-order valence-electron chi connectivity index (χ0n) is 9.68. The van der Waals surface area contributed by atoms with Crippen molar-refractivity contribution in [2.24, 2.45) is 5.92 Å². The molecule has 1 unspecified atom stereocenters. The number of hydrogen-bond acceptors (Lipinski definition) is 2. The van der Waals surface area contributed by atoms with Crippen LogP contribution in [0.15, 0.2) is 30.6 Å². The lowest BCUT2D eigenvalue weighted by molar-refractivity contribution is 0.0965. The second kappa shape index (κ2) is 4.47. The topological polar surface area (TPSA) is 34.4 Å². The maximum atomic E-state index is 12.0. The Morgan fingerprint density at radius 3 is 3.06 bits per heavy atom. The summed E-state index contributed by atoms with van der Waals surface area (Å²) in [5.41, 5.74) is 1.64. The van der Waals surface area contributed by atoms with Crippen LogP contribution in [-0.4, -0.2) is 15.4 Å². The number of aromatic nitrogens is 2. The SMILES string of the molecule is CCC(C)CC(=O)c1cnn2ccccc12. The Kier molecular flexibility index (Phi) is 3.04. The van der Waals surface area contributed by atoms with Crippen molar-refractivity contribution in [1.82, 2.24) is 9.61 Å². The summed E-state index contributed by atoms with van der Waals surface area (Å²) in [6.07, 6.45) is 5.16. The smallest absolute Gasteiger partial charge is 0.166 e. The summed E-state index contributed by atoms with van der Waals surface area (Å²) in [7, 11) is 0. The van der Waals surface area contributed by atoms with E-state index < -0.39 is 0 Å². The van der Waals surface area contributed by atoms with Gasteiger partial charge in [0.25, 0.3) is 0 Å². The first-order chi connectivity index (χ1) is 7.72. The van der Waals surface area contributed by atoms with Crippen molar-refractivity contribution in [2.45, 2.75) is 26.7 Å². The second-order valence-corrected chi connectivity index (χ2v) is 4.23. The first kappa shape index (κ1) is 10.9. The van der Waals surface area contributed by atoms with Gasteiger partial charge in [-0.25, -0.2) is 4.52 Å². The molecule has 0 bridgehead atoms. The number of nitrogens with zero attached hydrogens (tertiary/aromatic N) is 2. The van der Waals surface area contributed by atoms with Gasteiger partial charge in [0.1, 0.15) is 0 Å². The lowest BCUT2D eigenvalue weighted by Gasteiger charge is -2.05. The van der Waals surface area contributed by atoms with Gasteiger partial charge in [-0.3, -0.25) is 4.79 Å². The van der Waals surface area contributed by atoms with Crippen molar-refractivity contribution in [3.05, 3.63) is 36.2 Å². The molecule has 2 aromatic heterocycles. The standard InChI is InChI=1S/C13H16N2O/c1-3-10(2)8-13(16)11-9-14-15-7-5-4-6-12(11)15/h4-7,9-10H,3,8H2,1-2H3. The van der Waals surface area contributed by atoms with E-state index in [1.807, 2.05) is 24.4 Å². The van der Waals surface area contributed by atoms with Gasteiger partial charge in [-0.05, 0) is 18.1 Å². The third-order valence-electron chi connectivity index (χ3n) is 2.96. The highest BCUT2D eigenvalue weighted by Gasteiger charge is 2.14. The van der Waals surface area contributed by atoms with E-state index in [0.29, 0.717) is 12.3 Å². The average Bonchev–Trinajstić information content (AvgIpc) is 2.72. The van der Waals surface area contributed by atoms with Crippen molar-refractivity contribution in [2.75, 3.05) is 0 Å². The number of Topliss-reactive ketones (excluding diaryl/α,β-unsaturated/α-hetero) is 1. The van der Waals surface area contributed by atoms with Crippen molar-refractivity contribution in [3.63, 3.8) is 0 Å². The predicted molar refractivity (Wildman–Crippen MR) is 63.6 cm³/mol. The van der Waals surface area contributed by atoms with Crippen LogP contribution in [0.1, 0.15) is 37.0 Å². The molecule has 3 heteroatoms. The molecule has 0 saturated carbocycles. The molecule has 0 aromatic carbocycles. The summed E-state index contributed by atoms with van der Waals surface area (Å²) in [4.78, 5) is 12.0. The van der Waals surface area contributed by atoms with E-state index in [4.69, 9.17) is 0 Å². The average molecular weight is 216 g/mol. The Balaban J connectivity index is 2.30. The van der Waals surface area contributed by atoms with Crippen LogP contribution in [0.2, 0.25) is 0 Å². The third kappa shape index (κ3) is 1.98. The molecule has 0 aliphatic rings. The molecule has 84 valence electrons. The monoisotopic (exact) mass is 216 g/mol. The second-order valence-electron chi connectivity index (χ2n) is 4.23. The van der Waals surface area contributed by atoms with E-state index >= 15 is 0 Å². The molecule has 16 heavy (non-hydrogen) atoms. The van der Waals surface area contributed by atoms with Crippen LogP contribution in [0, 0.1) is 5.92 Å². The summed E-state index contributed by atoms with van der Waals surface area (Å²) in [5, 5.41) is 4.17. The molecule has 0 fully saturated rings. The van der Waals surface area contributed by atoms with E-state index in [1.54, 1.807) is 10.7 Å². The van der Waals surface area contributed by atoms with Gasteiger partial charge in [-0.2, -0.15) is 5.10 Å². The quantitative estimate of drug-likeness (QED) is 0.736. The van der Waals surface area contributed by atoms with E-state index in [9.17, 15) is 4.79 Å². The van der Waals surface area contributed by atoms with Crippen LogP contribution >= 0.6 is 0 Å². The number of rotatable bonds is 4. The summed E-state index contributed by atoms with van der Waals surface area (Å²) in [5.74, 6) is 0.627. The van der Waals surface area contributed by atoms with Crippen LogP contribution in [0.3, 0.4) is 0 Å². The minimum Gasteiger partial charge on any atom is -0.294 e. The molecule has 1 atom stereocenters. The number of carbonyl (C=O) groups excluding carboxylic acids is 1. The van der Waals surface area contributed by atoms with Gasteiger partial charge in [0, 0.05) is 12.6 Å². The molecule has 0 aliphatic carbocycles. The van der Waals surface area contributed by atoms with Crippen molar-refractivity contribution < 1.29 is 4.79 Å². The molecule has 0 saturated heterocycles. The van der Waals surface area contributed by atoms with Crippen LogP contribution < -0.4 is 0 Å².